The molecule has 0 saturated heterocycles. The zero-order valence-corrected chi connectivity index (χ0v) is 16.3. The van der Waals surface area contributed by atoms with Crippen LogP contribution in [0.3, 0.4) is 0 Å². The van der Waals surface area contributed by atoms with Gasteiger partial charge in [-0.15, -0.1) is 0 Å². The van der Waals surface area contributed by atoms with Crippen molar-refractivity contribution in [3.05, 3.63) is 62.6 Å². The van der Waals surface area contributed by atoms with Crippen molar-refractivity contribution in [2.75, 3.05) is 18.7 Å². The molecule has 0 bridgehead atoms. The van der Waals surface area contributed by atoms with Gasteiger partial charge in [0.1, 0.15) is 5.92 Å². The largest absolute Gasteiger partial charge is 0.468 e. The number of methoxy groups -OCH3 is 1. The summed E-state index contributed by atoms with van der Waals surface area (Å²) < 4.78 is 4.94. The molecule has 0 aliphatic carbocycles. The van der Waals surface area contributed by atoms with E-state index in [2.05, 4.69) is 10.4 Å². The maximum Gasteiger partial charge on any atom is 0.342 e. The summed E-state index contributed by atoms with van der Waals surface area (Å²) in [5.74, 6) is -1.37. The number of nitrogens with one attached hydrogen (secondary N) is 1. The SMILES string of the molecule is COC(=O)C(c1ccc(Cl)cc1)c1c(Cl)cc(N2N=CCNC2=O)cc1Cl. The van der Waals surface area contributed by atoms with E-state index in [0.717, 1.165) is 5.01 Å². The first-order valence-electron chi connectivity index (χ1n) is 7.85. The number of amides is 2. The molecular weight excluding hydrogens is 413 g/mol. The van der Waals surface area contributed by atoms with Gasteiger partial charge in [-0.25, -0.2) is 4.79 Å². The van der Waals surface area contributed by atoms with E-state index < -0.39 is 17.9 Å². The van der Waals surface area contributed by atoms with Crippen LogP contribution in [-0.2, 0) is 9.53 Å². The number of benzene rings is 2. The van der Waals surface area contributed by atoms with Crippen molar-refractivity contribution in [3.8, 4) is 0 Å². The molecule has 0 aromatic heterocycles. The van der Waals surface area contributed by atoms with Crippen LogP contribution in [0.25, 0.3) is 0 Å². The quantitative estimate of drug-likeness (QED) is 0.733. The third-order valence-corrected chi connectivity index (χ3v) is 4.85. The molecule has 0 radical (unpaired) electrons. The first-order chi connectivity index (χ1) is 12.9. The Morgan fingerprint density at radius 1 is 1.19 bits per heavy atom. The standard InChI is InChI=1S/C18H14Cl3N3O3/c1-27-17(25)15(10-2-4-11(19)5-3-10)16-13(20)8-12(9-14(16)21)24-18(26)22-6-7-23-24/h2-5,7-9,15H,6H2,1H3,(H,22,26). The molecule has 1 aliphatic heterocycles. The molecule has 0 saturated carbocycles. The highest BCUT2D eigenvalue weighted by atomic mass is 35.5. The number of carbonyl (C=O) groups excluding carboxylic acids is 2. The van der Waals surface area contributed by atoms with Crippen molar-refractivity contribution >= 4 is 58.7 Å². The van der Waals surface area contributed by atoms with E-state index in [0.29, 0.717) is 28.4 Å². The Kier molecular flexibility index (Phi) is 5.89. The first-order valence-corrected chi connectivity index (χ1v) is 8.98. The van der Waals surface area contributed by atoms with Crippen molar-refractivity contribution in [2.24, 2.45) is 5.10 Å². The first kappa shape index (κ1) is 19.5. The predicted molar refractivity (Wildman–Crippen MR) is 106 cm³/mol. The van der Waals surface area contributed by atoms with E-state index >= 15 is 0 Å². The van der Waals surface area contributed by atoms with Crippen LogP contribution in [-0.4, -0.2) is 31.9 Å². The molecule has 3 rings (SSSR count). The monoisotopic (exact) mass is 425 g/mol. The third-order valence-electron chi connectivity index (χ3n) is 3.97. The van der Waals surface area contributed by atoms with Gasteiger partial charge in [0.2, 0.25) is 0 Å². The van der Waals surface area contributed by atoms with Crippen molar-refractivity contribution < 1.29 is 14.3 Å². The predicted octanol–water partition coefficient (Wildman–Crippen LogP) is 4.47. The fraction of sp³-hybridized carbons (Fsp3) is 0.167. The minimum Gasteiger partial charge on any atom is -0.468 e. The summed E-state index contributed by atoms with van der Waals surface area (Å²) in [6, 6.07) is 9.37. The van der Waals surface area contributed by atoms with Gasteiger partial charge in [-0.2, -0.15) is 10.1 Å². The molecule has 2 aromatic carbocycles. The van der Waals surface area contributed by atoms with Gasteiger partial charge >= 0.3 is 12.0 Å². The molecule has 0 fully saturated rings. The van der Waals surface area contributed by atoms with Gasteiger partial charge in [0.15, 0.2) is 0 Å². The van der Waals surface area contributed by atoms with E-state index in [1.165, 1.54) is 19.2 Å². The average molecular weight is 427 g/mol. The summed E-state index contributed by atoms with van der Waals surface area (Å²) in [5.41, 5.74) is 1.37. The lowest BCUT2D eigenvalue weighted by Crippen LogP contribution is -2.41. The Labute approximate surface area is 170 Å². The average Bonchev–Trinajstić information content (AvgIpc) is 2.65. The molecule has 1 N–H and O–H groups in total. The summed E-state index contributed by atoms with van der Waals surface area (Å²) in [6.07, 6.45) is 1.54. The van der Waals surface area contributed by atoms with Crippen LogP contribution in [0, 0.1) is 0 Å². The summed E-state index contributed by atoms with van der Waals surface area (Å²) in [7, 11) is 1.29. The normalized spacial score (nSPS) is 14.7. The van der Waals surface area contributed by atoms with Gasteiger partial charge in [0.05, 0.1) is 19.3 Å². The van der Waals surface area contributed by atoms with Gasteiger partial charge < -0.3 is 10.1 Å². The maximum atomic E-state index is 12.5. The van der Waals surface area contributed by atoms with Crippen LogP contribution >= 0.6 is 34.8 Å². The Morgan fingerprint density at radius 3 is 2.37 bits per heavy atom. The number of rotatable bonds is 4. The minimum atomic E-state index is -0.847. The molecule has 1 aliphatic rings. The van der Waals surface area contributed by atoms with Gasteiger partial charge in [-0.3, -0.25) is 4.79 Å². The molecule has 1 unspecified atom stereocenters. The van der Waals surface area contributed by atoms with Crippen molar-refractivity contribution in [3.63, 3.8) is 0 Å². The lowest BCUT2D eigenvalue weighted by atomic mass is 9.91. The summed E-state index contributed by atoms with van der Waals surface area (Å²) in [6.45, 7) is 0.343. The van der Waals surface area contributed by atoms with E-state index in [1.54, 1.807) is 30.5 Å². The molecular formula is C18H14Cl3N3O3. The Bertz CT molecular complexity index is 893. The molecule has 1 atom stereocenters. The number of esters is 1. The zero-order chi connectivity index (χ0) is 19.6. The zero-order valence-electron chi connectivity index (χ0n) is 14.1. The maximum absolute atomic E-state index is 12.5. The number of hydrazone groups is 1. The second-order valence-electron chi connectivity index (χ2n) is 5.63. The van der Waals surface area contributed by atoms with Crippen LogP contribution in [0.1, 0.15) is 17.0 Å². The molecule has 6 nitrogen and oxygen atoms in total. The molecule has 140 valence electrons. The molecule has 2 aromatic rings. The van der Waals surface area contributed by atoms with Crippen molar-refractivity contribution in [2.45, 2.75) is 5.92 Å². The van der Waals surface area contributed by atoms with Crippen LogP contribution in [0.4, 0.5) is 10.5 Å². The second-order valence-corrected chi connectivity index (χ2v) is 6.88. The highest BCUT2D eigenvalue weighted by Gasteiger charge is 2.30. The Hall–Kier alpha value is -2.28. The fourth-order valence-corrected chi connectivity index (χ4v) is 3.55. The van der Waals surface area contributed by atoms with Crippen LogP contribution in [0.5, 0.6) is 0 Å². The highest BCUT2D eigenvalue weighted by molar-refractivity contribution is 6.37. The lowest BCUT2D eigenvalue weighted by Gasteiger charge is -2.23. The van der Waals surface area contributed by atoms with Crippen LogP contribution < -0.4 is 10.3 Å². The fourth-order valence-electron chi connectivity index (χ4n) is 2.73. The number of hydrogen-bond acceptors (Lipinski definition) is 4. The van der Waals surface area contributed by atoms with E-state index in [1.807, 2.05) is 0 Å². The van der Waals surface area contributed by atoms with Gasteiger partial charge in [-0.1, -0.05) is 46.9 Å². The van der Waals surface area contributed by atoms with E-state index in [4.69, 9.17) is 39.5 Å². The number of carbonyl (C=O) groups is 2. The summed E-state index contributed by atoms with van der Waals surface area (Å²) >= 11 is 18.8. The number of nitrogens with zero attached hydrogens (tertiary/aromatic N) is 2. The molecule has 2 amide bonds. The highest BCUT2D eigenvalue weighted by Crippen LogP contribution is 2.40. The number of urea groups is 1. The molecule has 1 heterocycles. The Morgan fingerprint density at radius 2 is 1.81 bits per heavy atom. The second kappa shape index (κ2) is 8.17. The van der Waals surface area contributed by atoms with Gasteiger partial charge in [0.25, 0.3) is 0 Å². The van der Waals surface area contributed by atoms with Crippen LogP contribution in [0.2, 0.25) is 15.1 Å². The van der Waals surface area contributed by atoms with Crippen molar-refractivity contribution in [1.29, 1.82) is 0 Å². The number of halogens is 3. The number of ether oxygens (including phenoxy) is 1. The minimum absolute atomic E-state index is 0.205. The molecule has 27 heavy (non-hydrogen) atoms. The van der Waals surface area contributed by atoms with E-state index in [-0.39, 0.29) is 10.0 Å². The summed E-state index contributed by atoms with van der Waals surface area (Å²) in [4.78, 5) is 24.4. The Balaban J connectivity index is 2.09. The lowest BCUT2D eigenvalue weighted by molar-refractivity contribution is -0.141. The topological polar surface area (TPSA) is 71.0 Å². The summed E-state index contributed by atoms with van der Waals surface area (Å²) in [5, 5.41) is 8.74. The smallest absolute Gasteiger partial charge is 0.342 e. The third kappa shape index (κ3) is 4.03. The van der Waals surface area contributed by atoms with E-state index in [9.17, 15) is 9.59 Å². The number of anilines is 1. The van der Waals surface area contributed by atoms with Crippen LogP contribution in [0.15, 0.2) is 41.5 Å². The molecule has 9 heteroatoms. The van der Waals surface area contributed by atoms with Gasteiger partial charge in [-0.05, 0) is 29.8 Å². The molecule has 0 spiro atoms. The number of hydrogen-bond donors (Lipinski definition) is 1. The van der Waals surface area contributed by atoms with Crippen molar-refractivity contribution in [1.82, 2.24) is 5.32 Å². The van der Waals surface area contributed by atoms with Gasteiger partial charge in [0, 0.05) is 26.8 Å².